The molecule has 8 heteroatoms. The highest BCUT2D eigenvalue weighted by Gasteiger charge is 2.33. The highest BCUT2D eigenvalue weighted by molar-refractivity contribution is 6.02. The minimum atomic E-state index is -0.831. The average molecular weight is 349 g/mol. The molecule has 25 heavy (non-hydrogen) atoms. The molecule has 1 aliphatic rings. The van der Waals surface area contributed by atoms with E-state index < -0.39 is 29.4 Å². The molecule has 2 amide bonds. The van der Waals surface area contributed by atoms with Gasteiger partial charge in [-0.3, -0.25) is 9.59 Å². The van der Waals surface area contributed by atoms with E-state index >= 15 is 0 Å². The van der Waals surface area contributed by atoms with Gasteiger partial charge in [-0.1, -0.05) is 0 Å². The molecule has 1 aromatic rings. The Morgan fingerprint density at radius 2 is 1.60 bits per heavy atom. The fraction of sp³-hybridized carbons (Fsp3) is 0.412. The molecule has 1 aliphatic heterocycles. The SMILES string of the molecule is CC(C)(C)OC(=O)COc1ccc(C(=O)ON2C(=O)CCC2=O)cc1. The van der Waals surface area contributed by atoms with Gasteiger partial charge in [-0.05, 0) is 45.0 Å². The molecule has 0 saturated carbocycles. The molecule has 0 spiro atoms. The summed E-state index contributed by atoms with van der Waals surface area (Å²) in [5, 5.41) is 0.481. The Morgan fingerprint density at radius 1 is 1.04 bits per heavy atom. The lowest BCUT2D eigenvalue weighted by Gasteiger charge is -2.19. The zero-order chi connectivity index (χ0) is 18.6. The first-order valence-corrected chi connectivity index (χ1v) is 7.68. The highest BCUT2D eigenvalue weighted by Crippen LogP contribution is 2.17. The number of benzene rings is 1. The van der Waals surface area contributed by atoms with Gasteiger partial charge in [-0.2, -0.15) is 0 Å². The fourth-order valence-corrected chi connectivity index (χ4v) is 1.99. The van der Waals surface area contributed by atoms with Crippen LogP contribution in [-0.4, -0.2) is 41.0 Å². The normalized spacial score (nSPS) is 14.4. The van der Waals surface area contributed by atoms with Crippen LogP contribution in [0, 0.1) is 0 Å². The number of carbonyl (C=O) groups is 4. The van der Waals surface area contributed by atoms with Gasteiger partial charge in [0.2, 0.25) is 0 Å². The summed E-state index contributed by atoms with van der Waals surface area (Å²) in [6, 6.07) is 5.73. The molecule has 1 aromatic carbocycles. The summed E-state index contributed by atoms with van der Waals surface area (Å²) in [5.41, 5.74) is -0.462. The van der Waals surface area contributed by atoms with Crippen molar-refractivity contribution in [1.82, 2.24) is 5.06 Å². The summed E-state index contributed by atoms with van der Waals surface area (Å²) in [5.74, 6) is -2.08. The maximum Gasteiger partial charge on any atom is 0.363 e. The van der Waals surface area contributed by atoms with E-state index in [2.05, 4.69) is 0 Å². The van der Waals surface area contributed by atoms with Gasteiger partial charge in [0.05, 0.1) is 5.56 Å². The van der Waals surface area contributed by atoms with Crippen LogP contribution in [0.3, 0.4) is 0 Å². The van der Waals surface area contributed by atoms with E-state index in [0.717, 1.165) is 0 Å². The molecule has 0 aromatic heterocycles. The van der Waals surface area contributed by atoms with Crippen molar-refractivity contribution in [3.63, 3.8) is 0 Å². The smallest absolute Gasteiger partial charge is 0.363 e. The number of hydrogen-bond acceptors (Lipinski definition) is 7. The second kappa shape index (κ2) is 7.33. The molecule has 0 atom stereocenters. The van der Waals surface area contributed by atoms with Crippen molar-refractivity contribution >= 4 is 23.8 Å². The first-order chi connectivity index (χ1) is 11.7. The lowest BCUT2D eigenvalue weighted by atomic mass is 10.2. The molecule has 134 valence electrons. The number of amides is 2. The number of carbonyl (C=O) groups excluding carboxylic acids is 4. The summed E-state index contributed by atoms with van der Waals surface area (Å²) >= 11 is 0. The van der Waals surface area contributed by atoms with Crippen LogP contribution in [0.5, 0.6) is 5.75 Å². The minimum absolute atomic E-state index is 0.0313. The third-order valence-corrected chi connectivity index (χ3v) is 3.05. The monoisotopic (exact) mass is 349 g/mol. The van der Waals surface area contributed by atoms with Crippen molar-refractivity contribution in [1.29, 1.82) is 0 Å². The summed E-state index contributed by atoms with van der Waals surface area (Å²) in [6.07, 6.45) is 0.0626. The molecule has 8 nitrogen and oxygen atoms in total. The lowest BCUT2D eigenvalue weighted by molar-refractivity contribution is -0.172. The number of esters is 1. The van der Waals surface area contributed by atoms with Crippen LogP contribution in [0.4, 0.5) is 0 Å². The number of rotatable bonds is 5. The van der Waals surface area contributed by atoms with E-state index in [1.165, 1.54) is 24.3 Å². The Kier molecular flexibility index (Phi) is 5.41. The molecular formula is C17H19NO7. The van der Waals surface area contributed by atoms with Gasteiger partial charge in [-0.25, -0.2) is 9.59 Å². The molecule has 0 bridgehead atoms. The Bertz CT molecular complexity index is 672. The minimum Gasteiger partial charge on any atom is -0.482 e. The predicted molar refractivity (Wildman–Crippen MR) is 84.3 cm³/mol. The van der Waals surface area contributed by atoms with Crippen molar-refractivity contribution in [2.24, 2.45) is 0 Å². The Labute approximate surface area is 144 Å². The van der Waals surface area contributed by atoms with Crippen molar-refractivity contribution < 1.29 is 33.5 Å². The van der Waals surface area contributed by atoms with E-state index in [9.17, 15) is 19.2 Å². The number of ether oxygens (including phenoxy) is 2. The Morgan fingerprint density at radius 3 is 2.12 bits per heavy atom. The van der Waals surface area contributed by atoms with Crippen LogP contribution >= 0.6 is 0 Å². The van der Waals surface area contributed by atoms with Crippen molar-refractivity contribution in [2.45, 2.75) is 39.2 Å². The first-order valence-electron chi connectivity index (χ1n) is 7.68. The van der Waals surface area contributed by atoms with E-state index in [0.29, 0.717) is 10.8 Å². The molecule has 0 N–H and O–H groups in total. The van der Waals surface area contributed by atoms with Crippen LogP contribution in [0.15, 0.2) is 24.3 Å². The number of nitrogens with zero attached hydrogens (tertiary/aromatic N) is 1. The molecular weight excluding hydrogens is 330 g/mol. The topological polar surface area (TPSA) is 99.2 Å². The number of hydrogen-bond donors (Lipinski definition) is 0. The Balaban J connectivity index is 1.89. The maximum atomic E-state index is 11.9. The van der Waals surface area contributed by atoms with Crippen LogP contribution < -0.4 is 4.74 Å². The maximum absolute atomic E-state index is 11.9. The molecule has 1 heterocycles. The molecule has 1 fully saturated rings. The lowest BCUT2D eigenvalue weighted by Crippen LogP contribution is -2.32. The van der Waals surface area contributed by atoms with Crippen molar-refractivity contribution in [3.05, 3.63) is 29.8 Å². The van der Waals surface area contributed by atoms with Gasteiger partial charge in [0, 0.05) is 12.8 Å². The zero-order valence-corrected chi connectivity index (χ0v) is 14.2. The largest absolute Gasteiger partial charge is 0.482 e. The van der Waals surface area contributed by atoms with Gasteiger partial charge in [0.1, 0.15) is 11.4 Å². The third-order valence-electron chi connectivity index (χ3n) is 3.05. The zero-order valence-electron chi connectivity index (χ0n) is 14.2. The van der Waals surface area contributed by atoms with E-state index in [-0.39, 0.29) is 25.0 Å². The van der Waals surface area contributed by atoms with Crippen molar-refractivity contribution in [3.8, 4) is 5.75 Å². The summed E-state index contributed by atoms with van der Waals surface area (Å²) in [7, 11) is 0. The van der Waals surface area contributed by atoms with Crippen LogP contribution in [0.1, 0.15) is 44.0 Å². The number of imide groups is 1. The number of hydroxylamine groups is 2. The molecule has 2 rings (SSSR count). The van der Waals surface area contributed by atoms with E-state index in [4.69, 9.17) is 14.3 Å². The third kappa shape index (κ3) is 5.30. The molecule has 0 aliphatic carbocycles. The molecule has 1 saturated heterocycles. The average Bonchev–Trinajstić information content (AvgIpc) is 2.83. The summed E-state index contributed by atoms with van der Waals surface area (Å²) < 4.78 is 10.4. The van der Waals surface area contributed by atoms with Gasteiger partial charge >= 0.3 is 11.9 Å². The second-order valence-corrected chi connectivity index (χ2v) is 6.36. The first kappa shape index (κ1) is 18.4. The van der Waals surface area contributed by atoms with Gasteiger partial charge in [-0.15, -0.1) is 5.06 Å². The highest BCUT2D eigenvalue weighted by atomic mass is 16.7. The van der Waals surface area contributed by atoms with Crippen LogP contribution in [-0.2, 0) is 24.0 Å². The van der Waals surface area contributed by atoms with Gasteiger partial charge in [0.15, 0.2) is 6.61 Å². The quantitative estimate of drug-likeness (QED) is 0.588. The predicted octanol–water partition coefficient (Wildman–Crippen LogP) is 1.63. The van der Waals surface area contributed by atoms with E-state index in [1.54, 1.807) is 20.8 Å². The summed E-state index contributed by atoms with van der Waals surface area (Å²) in [6.45, 7) is 4.99. The molecule has 0 radical (unpaired) electrons. The second-order valence-electron chi connectivity index (χ2n) is 6.36. The van der Waals surface area contributed by atoms with E-state index in [1.807, 2.05) is 0 Å². The molecule has 0 unspecified atom stereocenters. The fourth-order valence-electron chi connectivity index (χ4n) is 1.99. The van der Waals surface area contributed by atoms with Crippen molar-refractivity contribution in [2.75, 3.05) is 6.61 Å². The Hall–Kier alpha value is -2.90. The summed E-state index contributed by atoms with van der Waals surface area (Å²) in [4.78, 5) is 51.1. The van der Waals surface area contributed by atoms with Gasteiger partial charge in [0.25, 0.3) is 11.8 Å². The van der Waals surface area contributed by atoms with Crippen LogP contribution in [0.25, 0.3) is 0 Å². The van der Waals surface area contributed by atoms with Gasteiger partial charge < -0.3 is 14.3 Å². The van der Waals surface area contributed by atoms with Crippen LogP contribution in [0.2, 0.25) is 0 Å². The standard InChI is InChI=1S/C17H19NO7/c1-17(2,3)24-15(21)10-23-12-6-4-11(5-7-12)16(22)25-18-13(19)8-9-14(18)20/h4-7H,8-10H2,1-3H3.